The van der Waals surface area contributed by atoms with Crippen LogP contribution in [0.2, 0.25) is 0 Å². The van der Waals surface area contributed by atoms with Gasteiger partial charge in [-0.1, -0.05) is 0 Å². The molecule has 3 heteroatoms. The summed E-state index contributed by atoms with van der Waals surface area (Å²) < 4.78 is 32.3. The molecule has 0 fully saturated rings. The van der Waals surface area contributed by atoms with Crippen LogP contribution >= 0.6 is 7.22 Å². The van der Waals surface area contributed by atoms with E-state index in [1.807, 2.05) is 0 Å². The van der Waals surface area contributed by atoms with E-state index in [1.165, 1.54) is 36.4 Å². The number of hydrogen-bond acceptors (Lipinski definition) is 0. The van der Waals surface area contributed by atoms with Crippen molar-refractivity contribution in [3.05, 3.63) is 91.0 Å². The van der Waals surface area contributed by atoms with Crippen molar-refractivity contribution in [1.82, 2.24) is 0 Å². The summed E-state index contributed by atoms with van der Waals surface area (Å²) in [6.07, 6.45) is 0. The molecular formula is C18H15F2P. The van der Waals surface area contributed by atoms with Crippen LogP contribution in [0.4, 0.5) is 8.39 Å². The number of hydrogen-bond donors (Lipinski definition) is 0. The molecule has 3 aromatic carbocycles. The fourth-order valence-corrected chi connectivity index (χ4v) is 5.50. The molecule has 0 spiro atoms. The topological polar surface area (TPSA) is 0 Å². The van der Waals surface area contributed by atoms with Crippen LogP contribution in [-0.4, -0.2) is 0 Å². The maximum absolute atomic E-state index is 16.1. The van der Waals surface area contributed by atoms with Crippen molar-refractivity contribution < 1.29 is 8.39 Å². The fraction of sp³-hybridized carbons (Fsp3) is 0. The molecular weight excluding hydrogens is 285 g/mol. The van der Waals surface area contributed by atoms with E-state index in [2.05, 4.69) is 0 Å². The summed E-state index contributed by atoms with van der Waals surface area (Å²) in [7, 11) is -5.37. The Bertz CT molecular complexity index is 622. The van der Waals surface area contributed by atoms with Gasteiger partial charge in [0, 0.05) is 0 Å². The molecule has 0 aromatic heterocycles. The second-order valence-electron chi connectivity index (χ2n) is 4.91. The van der Waals surface area contributed by atoms with Crippen molar-refractivity contribution in [3.63, 3.8) is 0 Å². The van der Waals surface area contributed by atoms with Crippen LogP contribution in [0, 0.1) is 0 Å². The first-order valence-electron chi connectivity index (χ1n) is 6.74. The molecule has 0 nitrogen and oxygen atoms in total. The average Bonchev–Trinajstić information content (AvgIpc) is 2.57. The molecule has 0 N–H and O–H groups in total. The zero-order valence-corrected chi connectivity index (χ0v) is 12.3. The summed E-state index contributed by atoms with van der Waals surface area (Å²) in [4.78, 5) is 0. The van der Waals surface area contributed by atoms with E-state index >= 15 is 8.39 Å². The van der Waals surface area contributed by atoms with E-state index in [0.717, 1.165) is 0 Å². The Balaban J connectivity index is 2.36. The van der Waals surface area contributed by atoms with Crippen molar-refractivity contribution in [1.29, 1.82) is 0 Å². The van der Waals surface area contributed by atoms with Crippen LogP contribution in [0.5, 0.6) is 0 Å². The predicted molar refractivity (Wildman–Crippen MR) is 87.4 cm³/mol. The number of rotatable bonds is 3. The van der Waals surface area contributed by atoms with Crippen LogP contribution < -0.4 is 15.9 Å². The van der Waals surface area contributed by atoms with Crippen molar-refractivity contribution in [2.75, 3.05) is 0 Å². The molecule has 3 aromatic rings. The molecule has 0 aliphatic heterocycles. The number of halogens is 2. The monoisotopic (exact) mass is 300 g/mol. The van der Waals surface area contributed by atoms with Crippen LogP contribution in [0.25, 0.3) is 0 Å². The third-order valence-electron chi connectivity index (χ3n) is 3.63. The zero-order chi connectivity index (χ0) is 14.8. The molecule has 0 amide bonds. The first kappa shape index (κ1) is 13.9. The predicted octanol–water partition coefficient (Wildman–Crippen LogP) is 4.29. The van der Waals surface area contributed by atoms with Crippen molar-refractivity contribution in [2.45, 2.75) is 0 Å². The van der Waals surface area contributed by atoms with E-state index in [-0.39, 0.29) is 15.9 Å². The van der Waals surface area contributed by atoms with Gasteiger partial charge in [0.1, 0.15) is 0 Å². The Morgan fingerprint density at radius 2 is 0.667 bits per heavy atom. The molecule has 0 heterocycles. The van der Waals surface area contributed by atoms with Gasteiger partial charge in [-0.05, 0) is 0 Å². The van der Waals surface area contributed by atoms with E-state index < -0.39 is 7.22 Å². The zero-order valence-electron chi connectivity index (χ0n) is 11.4. The molecule has 0 bridgehead atoms. The summed E-state index contributed by atoms with van der Waals surface area (Å²) in [5, 5.41) is 0.294. The fourth-order valence-electron chi connectivity index (χ4n) is 2.52. The molecule has 0 atom stereocenters. The van der Waals surface area contributed by atoms with Gasteiger partial charge in [-0.3, -0.25) is 0 Å². The van der Waals surface area contributed by atoms with Gasteiger partial charge in [-0.2, -0.15) is 0 Å². The molecule has 0 saturated carbocycles. The van der Waals surface area contributed by atoms with Crippen LogP contribution in [-0.2, 0) is 0 Å². The van der Waals surface area contributed by atoms with Crippen molar-refractivity contribution >= 4 is 23.1 Å². The summed E-state index contributed by atoms with van der Waals surface area (Å²) in [6.45, 7) is 0. The molecule has 0 aliphatic rings. The first-order valence-corrected chi connectivity index (χ1v) is 8.76. The van der Waals surface area contributed by atoms with Gasteiger partial charge in [0.25, 0.3) is 0 Å². The van der Waals surface area contributed by atoms with Gasteiger partial charge in [0.05, 0.1) is 0 Å². The average molecular weight is 300 g/mol. The van der Waals surface area contributed by atoms with Gasteiger partial charge < -0.3 is 0 Å². The van der Waals surface area contributed by atoms with Crippen molar-refractivity contribution in [2.24, 2.45) is 0 Å². The normalized spacial score (nSPS) is 13.3. The summed E-state index contributed by atoms with van der Waals surface area (Å²) in [6, 6.07) is 24.4. The summed E-state index contributed by atoms with van der Waals surface area (Å²) in [5.41, 5.74) is 0. The van der Waals surface area contributed by atoms with E-state index in [9.17, 15) is 0 Å². The number of benzene rings is 3. The van der Waals surface area contributed by atoms with E-state index in [4.69, 9.17) is 0 Å². The quantitative estimate of drug-likeness (QED) is 0.633. The molecule has 0 aliphatic carbocycles. The van der Waals surface area contributed by atoms with Gasteiger partial charge in [-0.15, -0.1) is 0 Å². The Labute approximate surface area is 123 Å². The van der Waals surface area contributed by atoms with Gasteiger partial charge in [-0.25, -0.2) is 0 Å². The Morgan fingerprint density at radius 3 is 0.905 bits per heavy atom. The van der Waals surface area contributed by atoms with Crippen molar-refractivity contribution in [3.8, 4) is 0 Å². The third kappa shape index (κ3) is 2.16. The van der Waals surface area contributed by atoms with Crippen LogP contribution in [0.15, 0.2) is 91.0 Å². The second kappa shape index (κ2) is 5.05. The van der Waals surface area contributed by atoms with Gasteiger partial charge in [0.2, 0.25) is 0 Å². The third-order valence-corrected chi connectivity index (χ3v) is 7.24. The second-order valence-corrected chi connectivity index (χ2v) is 8.28. The SMILES string of the molecule is FP(F)(c1ccccc1)(c1ccccc1)c1ccccc1. The first-order chi connectivity index (χ1) is 10.1. The molecule has 106 valence electrons. The van der Waals surface area contributed by atoms with E-state index in [0.29, 0.717) is 0 Å². The molecule has 3 rings (SSSR count). The van der Waals surface area contributed by atoms with Crippen LogP contribution in [0.1, 0.15) is 0 Å². The van der Waals surface area contributed by atoms with Gasteiger partial charge >= 0.3 is 123 Å². The van der Waals surface area contributed by atoms with Gasteiger partial charge in [0.15, 0.2) is 0 Å². The molecule has 0 unspecified atom stereocenters. The molecule has 0 saturated heterocycles. The minimum absolute atomic E-state index is 0.0981. The summed E-state index contributed by atoms with van der Waals surface area (Å²) >= 11 is 0. The standard InChI is InChI=1S/C18H15F2P/c19-21(20,16-10-4-1-5-11-16,17-12-6-2-7-13-17)18-14-8-3-9-15-18/h1-15H. The Hall–Kier alpha value is -2.05. The Kier molecular flexibility index (Phi) is 3.35. The molecule has 0 radical (unpaired) electrons. The summed E-state index contributed by atoms with van der Waals surface area (Å²) in [5.74, 6) is 0. The molecule has 21 heavy (non-hydrogen) atoms. The minimum atomic E-state index is -5.37. The van der Waals surface area contributed by atoms with Crippen LogP contribution in [0.3, 0.4) is 0 Å². The van der Waals surface area contributed by atoms with E-state index in [1.54, 1.807) is 54.6 Å². The maximum atomic E-state index is 16.1. The Morgan fingerprint density at radius 1 is 0.429 bits per heavy atom.